The van der Waals surface area contributed by atoms with Crippen molar-refractivity contribution in [3.63, 3.8) is 0 Å². The van der Waals surface area contributed by atoms with Gasteiger partial charge >= 0.3 is 0 Å². The Hall–Kier alpha value is -1.37. The van der Waals surface area contributed by atoms with Crippen molar-refractivity contribution in [1.29, 1.82) is 0 Å². The van der Waals surface area contributed by atoms with Crippen molar-refractivity contribution >= 4 is 12.7 Å². The quantitative estimate of drug-likeness (QED) is 0.599. The Bertz CT molecular complexity index is 388. The summed E-state index contributed by atoms with van der Waals surface area (Å²) in [5, 5.41) is 1.92. The second-order valence-electron chi connectivity index (χ2n) is 2.75. The van der Waals surface area contributed by atoms with Crippen LogP contribution in [0.4, 0.5) is 0 Å². The van der Waals surface area contributed by atoms with Gasteiger partial charge in [-0.15, -0.1) is 0 Å². The van der Waals surface area contributed by atoms with Gasteiger partial charge in [-0.25, -0.2) is 0 Å². The minimum Gasteiger partial charge on any atom is -0.256 e. The van der Waals surface area contributed by atoms with Crippen LogP contribution in [-0.2, 0) is 0 Å². The number of hydrogen-bond donors (Lipinski definition) is 0. The molecule has 0 aliphatic heterocycles. The lowest BCUT2D eigenvalue weighted by molar-refractivity contribution is 1.18. The number of allylic oxidation sites excluding steroid dienone is 2. The van der Waals surface area contributed by atoms with Crippen molar-refractivity contribution in [2.75, 3.05) is 0 Å². The van der Waals surface area contributed by atoms with Gasteiger partial charge in [0.2, 0.25) is 0 Å². The molecule has 0 aromatic carbocycles. The van der Waals surface area contributed by atoms with Gasteiger partial charge in [-0.2, -0.15) is 0 Å². The van der Waals surface area contributed by atoms with Gasteiger partial charge < -0.3 is 0 Å². The zero-order chi connectivity index (χ0) is 8.97. The van der Waals surface area contributed by atoms with Crippen molar-refractivity contribution < 1.29 is 0 Å². The lowest BCUT2D eigenvalue weighted by Gasteiger charge is -1.89. The van der Waals surface area contributed by atoms with Crippen LogP contribution in [0.3, 0.4) is 0 Å². The Kier molecular flexibility index (Phi) is 2.81. The van der Waals surface area contributed by atoms with Gasteiger partial charge in [0, 0.05) is 6.20 Å². The van der Waals surface area contributed by atoms with Gasteiger partial charge in [0.1, 0.15) is 0 Å². The predicted octanol–water partition coefficient (Wildman–Crippen LogP) is 1.16. The molecule has 1 rings (SSSR count). The van der Waals surface area contributed by atoms with Crippen LogP contribution in [0.25, 0.3) is 12.7 Å². The molecule has 0 unspecified atom stereocenters. The van der Waals surface area contributed by atoms with Gasteiger partial charge in [-0.1, -0.05) is 18.7 Å². The molecule has 0 atom stereocenters. The zero-order valence-electron chi connectivity index (χ0n) is 7.54. The molecule has 0 bridgehead atoms. The van der Waals surface area contributed by atoms with Gasteiger partial charge in [0.05, 0.1) is 5.35 Å². The summed E-state index contributed by atoms with van der Waals surface area (Å²) < 4.78 is 0. The van der Waals surface area contributed by atoms with Gasteiger partial charge in [0.15, 0.2) is 0 Å². The Morgan fingerprint density at radius 2 is 2.25 bits per heavy atom. The van der Waals surface area contributed by atoms with Crippen LogP contribution in [0.1, 0.15) is 12.5 Å². The van der Waals surface area contributed by atoms with Crippen LogP contribution in [0.15, 0.2) is 24.4 Å². The van der Waals surface area contributed by atoms with Crippen molar-refractivity contribution in [2.24, 2.45) is 0 Å². The normalized spacial score (nSPS) is 12.7. The second-order valence-corrected chi connectivity index (χ2v) is 2.75. The molecule has 1 nitrogen and oxygen atoms in total. The van der Waals surface area contributed by atoms with Crippen molar-refractivity contribution in [1.82, 2.24) is 4.98 Å². The fraction of sp³-hybridized carbons (Fsp3) is 0.182. The summed E-state index contributed by atoms with van der Waals surface area (Å²) in [5.74, 6) is 0. The summed E-state index contributed by atoms with van der Waals surface area (Å²) in [6, 6.07) is 2.03. The predicted molar refractivity (Wildman–Crippen MR) is 53.0 cm³/mol. The van der Waals surface area contributed by atoms with Crippen LogP contribution in [0, 0.1) is 6.92 Å². The molecule has 0 spiro atoms. The molecule has 1 heterocycles. The molecule has 0 fully saturated rings. The van der Waals surface area contributed by atoms with E-state index in [4.69, 9.17) is 0 Å². The highest BCUT2D eigenvalue weighted by Crippen LogP contribution is 1.82. The van der Waals surface area contributed by atoms with Gasteiger partial charge in [0.25, 0.3) is 0 Å². The monoisotopic (exact) mass is 159 g/mol. The number of aromatic nitrogens is 1. The standard InChI is InChI=1S/C11H13N/c1-4-5-6-11-10(3)7-9(2)8-12-11/h4-8H,3H2,1-2H3/b5-4-,11-6+. The van der Waals surface area contributed by atoms with E-state index in [9.17, 15) is 0 Å². The minimum absolute atomic E-state index is 0.943. The maximum absolute atomic E-state index is 4.25. The summed E-state index contributed by atoms with van der Waals surface area (Å²) in [4.78, 5) is 4.25. The molecule has 0 aliphatic carbocycles. The summed E-state index contributed by atoms with van der Waals surface area (Å²) >= 11 is 0. The molecule has 12 heavy (non-hydrogen) atoms. The van der Waals surface area contributed by atoms with Gasteiger partial charge in [-0.3, -0.25) is 4.98 Å². The molecule has 1 aromatic rings. The third-order valence-electron chi connectivity index (χ3n) is 1.58. The molecule has 0 saturated carbocycles. The van der Waals surface area contributed by atoms with Crippen molar-refractivity contribution in [3.05, 3.63) is 40.5 Å². The smallest absolute Gasteiger partial charge is 0.0696 e. The van der Waals surface area contributed by atoms with Crippen LogP contribution < -0.4 is 10.6 Å². The first-order valence-corrected chi connectivity index (χ1v) is 3.98. The number of aryl methyl sites for hydroxylation is 1. The molecule has 1 aromatic heterocycles. The molecule has 0 radical (unpaired) electrons. The molecule has 0 amide bonds. The van der Waals surface area contributed by atoms with Crippen LogP contribution >= 0.6 is 0 Å². The first-order chi connectivity index (χ1) is 5.74. The van der Waals surface area contributed by atoms with E-state index in [0.717, 1.165) is 16.1 Å². The van der Waals surface area contributed by atoms with Crippen LogP contribution in [0.5, 0.6) is 0 Å². The highest BCUT2D eigenvalue weighted by Gasteiger charge is 1.84. The van der Waals surface area contributed by atoms with E-state index in [1.54, 1.807) is 0 Å². The SMILES string of the molecule is C=c1cc(C)cn/c1=C/C=C\C. The average molecular weight is 159 g/mol. The average Bonchev–Trinajstić information content (AvgIpc) is 2.03. The van der Waals surface area contributed by atoms with Crippen LogP contribution in [0.2, 0.25) is 0 Å². The minimum atomic E-state index is 0.943. The Labute approximate surface area is 72.8 Å². The van der Waals surface area contributed by atoms with Crippen molar-refractivity contribution in [3.8, 4) is 0 Å². The first kappa shape index (κ1) is 8.72. The maximum atomic E-state index is 4.25. The third kappa shape index (κ3) is 2.06. The third-order valence-corrected chi connectivity index (χ3v) is 1.58. The highest BCUT2D eigenvalue weighted by atomic mass is 14.6. The molecule has 1 heteroatoms. The van der Waals surface area contributed by atoms with Crippen LogP contribution in [-0.4, -0.2) is 4.98 Å². The first-order valence-electron chi connectivity index (χ1n) is 3.98. The molecule has 0 N–H and O–H groups in total. The van der Waals surface area contributed by atoms with Gasteiger partial charge in [-0.05, 0) is 36.8 Å². The highest BCUT2D eigenvalue weighted by molar-refractivity contribution is 5.35. The van der Waals surface area contributed by atoms with Crippen molar-refractivity contribution in [2.45, 2.75) is 13.8 Å². The van der Waals surface area contributed by atoms with E-state index in [1.807, 2.05) is 44.3 Å². The second kappa shape index (κ2) is 3.86. The Morgan fingerprint density at radius 1 is 1.50 bits per heavy atom. The summed E-state index contributed by atoms with van der Waals surface area (Å²) in [6.45, 7) is 7.90. The molecule has 0 saturated heterocycles. The Balaban J connectivity index is 3.28. The van der Waals surface area contributed by atoms with E-state index >= 15 is 0 Å². The number of hydrogen-bond acceptors (Lipinski definition) is 1. The largest absolute Gasteiger partial charge is 0.256 e. The Morgan fingerprint density at radius 3 is 2.83 bits per heavy atom. The maximum Gasteiger partial charge on any atom is 0.0696 e. The number of rotatable bonds is 1. The lowest BCUT2D eigenvalue weighted by Crippen LogP contribution is -2.26. The number of pyridine rings is 1. The molecule has 0 aliphatic rings. The van der Waals surface area contributed by atoms with E-state index in [2.05, 4.69) is 11.6 Å². The lowest BCUT2D eigenvalue weighted by atomic mass is 10.2. The summed E-state index contributed by atoms with van der Waals surface area (Å²) in [5.41, 5.74) is 1.15. The summed E-state index contributed by atoms with van der Waals surface area (Å²) in [6.07, 6.45) is 7.75. The van der Waals surface area contributed by atoms with E-state index in [-0.39, 0.29) is 0 Å². The fourth-order valence-corrected chi connectivity index (χ4v) is 0.978. The topological polar surface area (TPSA) is 12.9 Å². The molecule has 62 valence electrons. The summed E-state index contributed by atoms with van der Waals surface area (Å²) in [7, 11) is 0. The number of nitrogens with zero attached hydrogens (tertiary/aromatic N) is 1. The fourth-order valence-electron chi connectivity index (χ4n) is 0.978. The van der Waals surface area contributed by atoms with E-state index in [1.165, 1.54) is 0 Å². The van der Waals surface area contributed by atoms with E-state index < -0.39 is 0 Å². The molecular formula is C11H13N. The zero-order valence-corrected chi connectivity index (χ0v) is 7.54. The van der Waals surface area contributed by atoms with E-state index in [0.29, 0.717) is 0 Å². The molecular weight excluding hydrogens is 146 g/mol.